The summed E-state index contributed by atoms with van der Waals surface area (Å²) in [6.07, 6.45) is 1.86. The van der Waals surface area contributed by atoms with Gasteiger partial charge in [-0.2, -0.15) is 5.26 Å². The van der Waals surface area contributed by atoms with Crippen LogP contribution in [-0.2, 0) is 11.3 Å². The van der Waals surface area contributed by atoms with Crippen LogP contribution >= 0.6 is 0 Å². The summed E-state index contributed by atoms with van der Waals surface area (Å²) < 4.78 is 5.61. The van der Waals surface area contributed by atoms with Gasteiger partial charge in [-0.25, -0.2) is 0 Å². The average Bonchev–Trinajstić information content (AvgIpc) is 2.99. The fraction of sp³-hybridized carbons (Fsp3) is 0.462. The number of rotatable bonds is 5. The van der Waals surface area contributed by atoms with Crippen LogP contribution in [0.25, 0.3) is 0 Å². The Morgan fingerprint density at radius 1 is 1.27 bits per heavy atom. The standard InChI is InChI=1S/C13H15NO/c14-7-6-12-8-13(12)10-15-9-11-4-2-1-3-5-11/h1-5,12-13H,6,8-10H2/t12-,13+/m0/s1. The van der Waals surface area contributed by atoms with Crippen molar-refractivity contribution in [3.05, 3.63) is 35.9 Å². The van der Waals surface area contributed by atoms with Crippen LogP contribution in [0, 0.1) is 23.2 Å². The molecule has 1 fully saturated rings. The van der Waals surface area contributed by atoms with E-state index in [2.05, 4.69) is 18.2 Å². The van der Waals surface area contributed by atoms with Gasteiger partial charge in [-0.3, -0.25) is 0 Å². The van der Waals surface area contributed by atoms with Crippen molar-refractivity contribution >= 4 is 0 Å². The number of nitrogens with zero attached hydrogens (tertiary/aromatic N) is 1. The van der Waals surface area contributed by atoms with Gasteiger partial charge in [0.2, 0.25) is 0 Å². The normalized spacial score (nSPS) is 23.4. The lowest BCUT2D eigenvalue weighted by atomic mass is 10.2. The maximum Gasteiger partial charge on any atom is 0.0717 e. The minimum absolute atomic E-state index is 0.603. The van der Waals surface area contributed by atoms with Gasteiger partial charge >= 0.3 is 0 Å². The first-order chi connectivity index (χ1) is 7.40. The molecule has 1 aliphatic carbocycles. The molecule has 1 aromatic carbocycles. The van der Waals surface area contributed by atoms with E-state index in [1.54, 1.807) is 0 Å². The monoisotopic (exact) mass is 201 g/mol. The summed E-state index contributed by atoms with van der Waals surface area (Å²) in [5.74, 6) is 1.24. The molecule has 0 radical (unpaired) electrons. The van der Waals surface area contributed by atoms with E-state index >= 15 is 0 Å². The van der Waals surface area contributed by atoms with E-state index < -0.39 is 0 Å². The Balaban J connectivity index is 1.63. The first-order valence-corrected chi connectivity index (χ1v) is 5.39. The van der Waals surface area contributed by atoms with Crippen molar-refractivity contribution in [2.45, 2.75) is 19.4 Å². The molecule has 2 nitrogen and oxygen atoms in total. The zero-order chi connectivity index (χ0) is 10.5. The van der Waals surface area contributed by atoms with Crippen molar-refractivity contribution in [3.63, 3.8) is 0 Å². The summed E-state index contributed by atoms with van der Waals surface area (Å²) in [5.41, 5.74) is 1.22. The van der Waals surface area contributed by atoms with Crippen LogP contribution < -0.4 is 0 Å². The molecule has 2 heteroatoms. The van der Waals surface area contributed by atoms with Gasteiger partial charge in [0.05, 0.1) is 19.3 Å². The van der Waals surface area contributed by atoms with Crippen LogP contribution in [0.2, 0.25) is 0 Å². The quantitative estimate of drug-likeness (QED) is 0.733. The maximum absolute atomic E-state index is 8.51. The van der Waals surface area contributed by atoms with E-state index in [9.17, 15) is 0 Å². The van der Waals surface area contributed by atoms with Gasteiger partial charge in [-0.15, -0.1) is 0 Å². The number of ether oxygens (including phenoxy) is 1. The minimum atomic E-state index is 0.603. The molecule has 15 heavy (non-hydrogen) atoms. The van der Waals surface area contributed by atoms with Crippen LogP contribution in [-0.4, -0.2) is 6.61 Å². The topological polar surface area (TPSA) is 33.0 Å². The van der Waals surface area contributed by atoms with Crippen molar-refractivity contribution in [3.8, 4) is 6.07 Å². The second-order valence-corrected chi connectivity index (χ2v) is 4.12. The van der Waals surface area contributed by atoms with E-state index in [1.165, 1.54) is 12.0 Å². The highest BCUT2D eigenvalue weighted by Gasteiger charge is 2.36. The van der Waals surface area contributed by atoms with E-state index in [-0.39, 0.29) is 0 Å². The third-order valence-electron chi connectivity index (χ3n) is 2.87. The van der Waals surface area contributed by atoms with E-state index in [0.29, 0.717) is 24.9 Å². The van der Waals surface area contributed by atoms with Crippen molar-refractivity contribution in [2.75, 3.05) is 6.61 Å². The molecule has 0 spiro atoms. The Hall–Kier alpha value is -1.33. The van der Waals surface area contributed by atoms with Gasteiger partial charge in [0.25, 0.3) is 0 Å². The van der Waals surface area contributed by atoms with Gasteiger partial charge in [-0.1, -0.05) is 30.3 Å². The van der Waals surface area contributed by atoms with Crippen LogP contribution in [0.5, 0.6) is 0 Å². The zero-order valence-electron chi connectivity index (χ0n) is 8.73. The molecule has 0 N–H and O–H groups in total. The maximum atomic E-state index is 8.51. The van der Waals surface area contributed by atoms with Gasteiger partial charge in [0, 0.05) is 6.42 Å². The lowest BCUT2D eigenvalue weighted by molar-refractivity contribution is 0.108. The van der Waals surface area contributed by atoms with E-state index in [1.807, 2.05) is 18.2 Å². The van der Waals surface area contributed by atoms with Crippen LogP contribution in [0.15, 0.2) is 30.3 Å². The number of benzene rings is 1. The van der Waals surface area contributed by atoms with Crippen LogP contribution in [0.1, 0.15) is 18.4 Å². The van der Waals surface area contributed by atoms with E-state index in [4.69, 9.17) is 10.00 Å². The highest BCUT2D eigenvalue weighted by atomic mass is 16.5. The van der Waals surface area contributed by atoms with Gasteiger partial charge in [-0.05, 0) is 23.8 Å². The first kappa shape index (κ1) is 10.2. The lowest BCUT2D eigenvalue weighted by Crippen LogP contribution is -1.98. The molecular weight excluding hydrogens is 186 g/mol. The highest BCUT2D eigenvalue weighted by Crippen LogP contribution is 2.41. The second kappa shape index (κ2) is 4.95. The molecule has 2 atom stereocenters. The van der Waals surface area contributed by atoms with E-state index in [0.717, 1.165) is 6.61 Å². The van der Waals surface area contributed by atoms with Crippen molar-refractivity contribution in [1.82, 2.24) is 0 Å². The van der Waals surface area contributed by atoms with Crippen molar-refractivity contribution < 1.29 is 4.74 Å². The Bertz CT molecular complexity index is 341. The minimum Gasteiger partial charge on any atom is -0.376 e. The summed E-state index contributed by atoms with van der Waals surface area (Å²) in [5, 5.41) is 8.51. The molecule has 0 aromatic heterocycles. The highest BCUT2D eigenvalue weighted by molar-refractivity contribution is 5.13. The predicted molar refractivity (Wildman–Crippen MR) is 57.9 cm³/mol. The molecule has 0 saturated heterocycles. The zero-order valence-corrected chi connectivity index (χ0v) is 8.73. The van der Waals surface area contributed by atoms with Gasteiger partial charge in [0.1, 0.15) is 0 Å². The van der Waals surface area contributed by atoms with Gasteiger partial charge < -0.3 is 4.74 Å². The Morgan fingerprint density at radius 3 is 2.80 bits per heavy atom. The summed E-state index contributed by atoms with van der Waals surface area (Å²) in [7, 11) is 0. The lowest BCUT2D eigenvalue weighted by Gasteiger charge is -2.02. The molecule has 1 aromatic rings. The molecule has 0 aliphatic heterocycles. The third-order valence-corrected chi connectivity index (χ3v) is 2.87. The SMILES string of the molecule is N#CC[C@H]1C[C@@H]1COCc1ccccc1. The molecule has 0 unspecified atom stereocenters. The molecule has 2 rings (SSSR count). The number of nitriles is 1. The fourth-order valence-electron chi connectivity index (χ4n) is 1.78. The summed E-state index contributed by atoms with van der Waals surface area (Å²) >= 11 is 0. The molecule has 1 saturated carbocycles. The summed E-state index contributed by atoms with van der Waals surface area (Å²) in [6, 6.07) is 12.4. The third kappa shape index (κ3) is 3.07. The largest absolute Gasteiger partial charge is 0.376 e. The smallest absolute Gasteiger partial charge is 0.0717 e. The van der Waals surface area contributed by atoms with Gasteiger partial charge in [0.15, 0.2) is 0 Å². The second-order valence-electron chi connectivity index (χ2n) is 4.12. The van der Waals surface area contributed by atoms with Crippen molar-refractivity contribution in [1.29, 1.82) is 5.26 Å². The van der Waals surface area contributed by atoms with Crippen LogP contribution in [0.3, 0.4) is 0 Å². The number of hydrogen-bond donors (Lipinski definition) is 0. The molecular formula is C13H15NO. The molecule has 0 heterocycles. The first-order valence-electron chi connectivity index (χ1n) is 5.39. The Labute approximate surface area is 90.5 Å². The number of hydrogen-bond acceptors (Lipinski definition) is 2. The average molecular weight is 201 g/mol. The Morgan fingerprint density at radius 2 is 2.07 bits per heavy atom. The molecule has 0 amide bonds. The fourth-order valence-corrected chi connectivity index (χ4v) is 1.78. The summed E-state index contributed by atoms with van der Waals surface area (Å²) in [4.78, 5) is 0. The molecule has 1 aliphatic rings. The summed E-state index contributed by atoms with van der Waals surface area (Å²) in [6.45, 7) is 1.50. The molecule has 0 bridgehead atoms. The predicted octanol–water partition coefficient (Wildman–Crippen LogP) is 2.75. The van der Waals surface area contributed by atoms with Crippen molar-refractivity contribution in [2.24, 2.45) is 11.8 Å². The Kier molecular flexibility index (Phi) is 3.37. The van der Waals surface area contributed by atoms with Crippen LogP contribution in [0.4, 0.5) is 0 Å². The molecule has 78 valence electrons.